The van der Waals surface area contributed by atoms with Crippen molar-refractivity contribution in [2.24, 2.45) is 5.92 Å². The van der Waals surface area contributed by atoms with E-state index in [0.29, 0.717) is 11.7 Å². The van der Waals surface area contributed by atoms with Gasteiger partial charge < -0.3 is 10.0 Å². The maximum atomic E-state index is 11.7. The molecule has 0 radical (unpaired) electrons. The first-order valence-electron chi connectivity index (χ1n) is 9.40. The number of piperidine rings is 1. The van der Waals surface area contributed by atoms with Crippen LogP contribution in [0.4, 0.5) is 11.5 Å². The topological polar surface area (TPSA) is 99.6 Å². The Morgan fingerprint density at radius 1 is 1.25 bits per heavy atom. The lowest BCUT2D eigenvalue weighted by Crippen LogP contribution is -2.36. The average Bonchev–Trinajstić information content (AvgIpc) is 2.69. The first kappa shape index (κ1) is 20.1. The van der Waals surface area contributed by atoms with E-state index in [1.807, 2.05) is 23.1 Å². The fraction of sp³-hybridized carbons (Fsp3) is 0.400. The number of nitrogens with one attached hydrogen (secondary N) is 1. The van der Waals surface area contributed by atoms with Crippen LogP contribution in [0.5, 0.6) is 0 Å². The number of aromatic carboxylic acids is 1. The molecule has 1 aromatic carbocycles. The maximum absolute atomic E-state index is 11.7. The second-order valence-corrected chi connectivity index (χ2v) is 9.04. The lowest BCUT2D eigenvalue weighted by atomic mass is 9.90. The summed E-state index contributed by atoms with van der Waals surface area (Å²) < 4.78 is 25.8. The lowest BCUT2D eigenvalue weighted by molar-refractivity contribution is 0.0697. The maximum Gasteiger partial charge on any atom is 0.339 e. The normalized spacial score (nSPS) is 15.4. The number of benzene rings is 1. The van der Waals surface area contributed by atoms with Crippen LogP contribution in [0.15, 0.2) is 42.6 Å². The molecule has 0 unspecified atom stereocenters. The highest BCUT2D eigenvalue weighted by molar-refractivity contribution is 7.92. The van der Waals surface area contributed by atoms with Gasteiger partial charge in [-0.25, -0.2) is 18.2 Å². The van der Waals surface area contributed by atoms with E-state index in [-0.39, 0.29) is 17.0 Å². The quantitative estimate of drug-likeness (QED) is 0.737. The number of carboxylic acids is 1. The molecule has 0 saturated carbocycles. The van der Waals surface area contributed by atoms with E-state index < -0.39 is 16.0 Å². The summed E-state index contributed by atoms with van der Waals surface area (Å²) in [6.45, 7) is 2.97. The van der Waals surface area contributed by atoms with Crippen molar-refractivity contribution < 1.29 is 18.3 Å². The van der Waals surface area contributed by atoms with Gasteiger partial charge in [-0.15, -0.1) is 0 Å². The standard InChI is InChI=1S/C20H25N3O4S/c1-2-28(26,27)22-17-13-18(20(24)25)19(21-14-17)23-10-8-16(9-11-23)12-15-6-4-3-5-7-15/h3-7,13-14,16,22H,2,8-12H2,1H3,(H,24,25). The molecule has 7 nitrogen and oxygen atoms in total. The van der Waals surface area contributed by atoms with Gasteiger partial charge in [-0.2, -0.15) is 0 Å². The van der Waals surface area contributed by atoms with E-state index in [4.69, 9.17) is 0 Å². The van der Waals surface area contributed by atoms with Crippen LogP contribution in [-0.4, -0.2) is 43.3 Å². The van der Waals surface area contributed by atoms with E-state index in [2.05, 4.69) is 21.8 Å². The second kappa shape index (κ2) is 8.60. The Labute approximate surface area is 165 Å². The number of carbonyl (C=O) groups is 1. The van der Waals surface area contributed by atoms with Gasteiger partial charge in [-0.1, -0.05) is 30.3 Å². The zero-order valence-electron chi connectivity index (χ0n) is 15.8. The van der Waals surface area contributed by atoms with Crippen LogP contribution in [-0.2, 0) is 16.4 Å². The molecule has 1 aromatic heterocycles. The molecule has 3 rings (SSSR count). The molecule has 2 aromatic rings. The van der Waals surface area contributed by atoms with E-state index >= 15 is 0 Å². The second-order valence-electron chi connectivity index (χ2n) is 7.03. The average molecular weight is 404 g/mol. The molecule has 1 aliphatic heterocycles. The Morgan fingerprint density at radius 3 is 2.54 bits per heavy atom. The number of pyridine rings is 1. The third-order valence-electron chi connectivity index (χ3n) is 5.03. The molecular formula is C20H25N3O4S. The van der Waals surface area contributed by atoms with Crippen molar-refractivity contribution in [1.82, 2.24) is 4.98 Å². The molecule has 0 atom stereocenters. The zero-order valence-corrected chi connectivity index (χ0v) is 16.7. The first-order chi connectivity index (χ1) is 13.4. The van der Waals surface area contributed by atoms with E-state index in [1.54, 1.807) is 0 Å². The Morgan fingerprint density at radius 2 is 1.93 bits per heavy atom. The van der Waals surface area contributed by atoms with Crippen molar-refractivity contribution >= 4 is 27.5 Å². The molecule has 150 valence electrons. The van der Waals surface area contributed by atoms with Crippen LogP contribution >= 0.6 is 0 Å². The number of anilines is 2. The summed E-state index contributed by atoms with van der Waals surface area (Å²) in [4.78, 5) is 18.0. The minimum atomic E-state index is -3.49. The summed E-state index contributed by atoms with van der Waals surface area (Å²) >= 11 is 0. The summed E-state index contributed by atoms with van der Waals surface area (Å²) in [6.07, 6.45) is 4.32. The van der Waals surface area contributed by atoms with Gasteiger partial charge >= 0.3 is 5.97 Å². The van der Waals surface area contributed by atoms with Crippen LogP contribution in [0.3, 0.4) is 0 Å². The molecule has 8 heteroatoms. The predicted octanol–water partition coefficient (Wildman–Crippen LogP) is 3.00. The molecule has 2 heterocycles. The number of hydrogen-bond donors (Lipinski definition) is 2. The van der Waals surface area contributed by atoms with Gasteiger partial charge in [-0.3, -0.25) is 4.72 Å². The number of rotatable bonds is 7. The number of nitrogens with zero attached hydrogens (tertiary/aromatic N) is 2. The Kier molecular flexibility index (Phi) is 6.18. The van der Waals surface area contributed by atoms with Crippen molar-refractivity contribution in [1.29, 1.82) is 0 Å². The fourth-order valence-corrected chi connectivity index (χ4v) is 4.09. The van der Waals surface area contributed by atoms with E-state index in [9.17, 15) is 18.3 Å². The molecular weight excluding hydrogens is 378 g/mol. The van der Waals surface area contributed by atoms with Crippen molar-refractivity contribution in [3.8, 4) is 0 Å². The van der Waals surface area contributed by atoms with Crippen LogP contribution < -0.4 is 9.62 Å². The highest BCUT2D eigenvalue weighted by Crippen LogP contribution is 2.28. The molecule has 1 aliphatic rings. The first-order valence-corrected chi connectivity index (χ1v) is 11.1. The zero-order chi connectivity index (χ0) is 20.1. The Bertz CT molecular complexity index is 924. The highest BCUT2D eigenvalue weighted by atomic mass is 32.2. The molecule has 0 spiro atoms. The Balaban J connectivity index is 1.70. The summed E-state index contributed by atoms with van der Waals surface area (Å²) in [7, 11) is -3.49. The number of carboxylic acid groups (broad SMARTS) is 1. The van der Waals surface area contributed by atoms with Gasteiger partial charge in [0.1, 0.15) is 11.4 Å². The van der Waals surface area contributed by atoms with Crippen molar-refractivity contribution in [3.63, 3.8) is 0 Å². The van der Waals surface area contributed by atoms with Crippen molar-refractivity contribution in [3.05, 3.63) is 53.7 Å². The summed E-state index contributed by atoms with van der Waals surface area (Å²) in [6, 6.07) is 11.7. The Hall–Kier alpha value is -2.61. The largest absolute Gasteiger partial charge is 0.478 e. The van der Waals surface area contributed by atoms with Gasteiger partial charge in [-0.05, 0) is 43.7 Å². The summed E-state index contributed by atoms with van der Waals surface area (Å²) in [5, 5.41) is 9.58. The van der Waals surface area contributed by atoms with Crippen LogP contribution in [0.1, 0.15) is 35.7 Å². The number of sulfonamides is 1. The monoisotopic (exact) mass is 403 g/mol. The molecule has 0 amide bonds. The van der Waals surface area contributed by atoms with Crippen molar-refractivity contribution in [2.75, 3.05) is 28.5 Å². The molecule has 0 bridgehead atoms. The van der Waals surface area contributed by atoms with Crippen LogP contribution in [0.25, 0.3) is 0 Å². The number of aromatic nitrogens is 1. The SMILES string of the molecule is CCS(=O)(=O)Nc1cnc(N2CCC(Cc3ccccc3)CC2)c(C(=O)O)c1. The molecule has 1 fully saturated rings. The molecule has 1 saturated heterocycles. The molecule has 28 heavy (non-hydrogen) atoms. The van der Waals surface area contributed by atoms with Crippen LogP contribution in [0, 0.1) is 5.92 Å². The third kappa shape index (κ3) is 5.01. The molecule has 2 N–H and O–H groups in total. The smallest absolute Gasteiger partial charge is 0.339 e. The summed E-state index contributed by atoms with van der Waals surface area (Å²) in [5.41, 5.74) is 1.50. The van der Waals surface area contributed by atoms with Gasteiger partial charge in [0, 0.05) is 13.1 Å². The van der Waals surface area contributed by atoms with Gasteiger partial charge in [0.2, 0.25) is 10.0 Å². The van der Waals surface area contributed by atoms with E-state index in [1.165, 1.54) is 24.8 Å². The lowest BCUT2D eigenvalue weighted by Gasteiger charge is -2.33. The fourth-order valence-electron chi connectivity index (χ4n) is 3.47. The molecule has 0 aliphatic carbocycles. The predicted molar refractivity (Wildman–Crippen MR) is 109 cm³/mol. The summed E-state index contributed by atoms with van der Waals surface area (Å²) in [5.74, 6) is -0.259. The van der Waals surface area contributed by atoms with Gasteiger partial charge in [0.05, 0.1) is 17.6 Å². The van der Waals surface area contributed by atoms with Crippen molar-refractivity contribution in [2.45, 2.75) is 26.2 Å². The van der Waals surface area contributed by atoms with Gasteiger partial charge in [0.25, 0.3) is 0 Å². The van der Waals surface area contributed by atoms with E-state index in [0.717, 1.165) is 32.4 Å². The minimum Gasteiger partial charge on any atom is -0.478 e. The van der Waals surface area contributed by atoms with Crippen LogP contribution in [0.2, 0.25) is 0 Å². The number of hydrogen-bond acceptors (Lipinski definition) is 5. The third-order valence-corrected chi connectivity index (χ3v) is 6.34. The minimum absolute atomic E-state index is 0.0119. The highest BCUT2D eigenvalue weighted by Gasteiger charge is 2.25. The van der Waals surface area contributed by atoms with Gasteiger partial charge in [0.15, 0.2) is 0 Å².